The number of carbonyl (C=O) groups excluding carboxylic acids is 1. The van der Waals surface area contributed by atoms with E-state index in [2.05, 4.69) is 4.74 Å². The van der Waals surface area contributed by atoms with Crippen LogP contribution < -0.4 is 0 Å². The van der Waals surface area contributed by atoms with Crippen LogP contribution in [-0.4, -0.2) is 24.2 Å². The second kappa shape index (κ2) is 10.2. The molecule has 0 spiro atoms. The molecule has 0 fully saturated rings. The molecule has 0 saturated heterocycles. The number of hydrogen-bond acceptors (Lipinski definition) is 3. The number of esters is 1. The second-order valence-corrected chi connectivity index (χ2v) is 5.58. The van der Waals surface area contributed by atoms with Crippen LogP contribution in [0.1, 0.15) is 30.9 Å². The molecule has 2 unspecified atom stereocenters. The fourth-order valence-corrected chi connectivity index (χ4v) is 2.14. The van der Waals surface area contributed by atoms with Crippen LogP contribution in [0.15, 0.2) is 60.7 Å². The maximum absolute atomic E-state index is 11.1. The van der Waals surface area contributed by atoms with E-state index in [1.807, 2.05) is 67.6 Å². The number of benzene rings is 2. The van der Waals surface area contributed by atoms with E-state index >= 15 is 0 Å². The third-order valence-corrected chi connectivity index (χ3v) is 3.66. The zero-order chi connectivity index (χ0) is 17.9. The third kappa shape index (κ3) is 6.65. The predicted molar refractivity (Wildman–Crippen MR) is 93.8 cm³/mol. The summed E-state index contributed by atoms with van der Waals surface area (Å²) in [6, 6.07) is 19.1. The molecule has 4 nitrogen and oxygen atoms in total. The summed E-state index contributed by atoms with van der Waals surface area (Å²) in [7, 11) is 1.42. The van der Waals surface area contributed by atoms with E-state index in [-0.39, 0.29) is 11.9 Å². The summed E-state index contributed by atoms with van der Waals surface area (Å²) in [6.45, 7) is 3.55. The lowest BCUT2D eigenvalue weighted by molar-refractivity contribution is -0.144. The molecule has 0 aliphatic rings. The number of carboxylic acids is 1. The highest BCUT2D eigenvalue weighted by Gasteiger charge is 2.13. The van der Waals surface area contributed by atoms with E-state index in [1.54, 1.807) is 6.92 Å². The topological polar surface area (TPSA) is 63.6 Å². The van der Waals surface area contributed by atoms with Crippen molar-refractivity contribution >= 4 is 11.9 Å². The second-order valence-electron chi connectivity index (χ2n) is 5.58. The number of aliphatic carboxylic acids is 1. The summed E-state index contributed by atoms with van der Waals surface area (Å²) >= 11 is 0. The molecule has 0 amide bonds. The van der Waals surface area contributed by atoms with Crippen LogP contribution in [0.2, 0.25) is 0 Å². The Balaban J connectivity index is 0.000000243. The zero-order valence-electron chi connectivity index (χ0n) is 14.3. The van der Waals surface area contributed by atoms with E-state index < -0.39 is 11.9 Å². The Hall–Kier alpha value is -2.62. The smallest absolute Gasteiger partial charge is 0.310 e. The first-order valence-electron chi connectivity index (χ1n) is 7.85. The average molecular weight is 328 g/mol. The number of carbonyl (C=O) groups is 2. The molecule has 2 aromatic rings. The van der Waals surface area contributed by atoms with Gasteiger partial charge >= 0.3 is 11.9 Å². The Kier molecular flexibility index (Phi) is 8.26. The molecule has 0 saturated carbocycles. The van der Waals surface area contributed by atoms with Crippen LogP contribution in [0.3, 0.4) is 0 Å². The molecule has 0 heterocycles. The highest BCUT2D eigenvalue weighted by molar-refractivity contribution is 5.75. The Bertz CT molecular complexity index is 623. The van der Waals surface area contributed by atoms with Crippen LogP contribution in [0, 0.1) is 5.92 Å². The Morgan fingerprint density at radius 3 is 1.92 bits per heavy atom. The van der Waals surface area contributed by atoms with E-state index in [0.717, 1.165) is 12.0 Å². The number of ether oxygens (including phenoxy) is 1. The minimum absolute atomic E-state index is 0.0626. The third-order valence-electron chi connectivity index (χ3n) is 3.66. The van der Waals surface area contributed by atoms with Crippen molar-refractivity contribution in [1.29, 1.82) is 0 Å². The van der Waals surface area contributed by atoms with Gasteiger partial charge in [0.25, 0.3) is 0 Å². The minimum Gasteiger partial charge on any atom is -0.481 e. The van der Waals surface area contributed by atoms with Gasteiger partial charge in [0.2, 0.25) is 0 Å². The van der Waals surface area contributed by atoms with Crippen LogP contribution >= 0.6 is 0 Å². The van der Waals surface area contributed by atoms with Gasteiger partial charge in [-0.1, -0.05) is 67.6 Å². The normalized spacial score (nSPS) is 12.3. The van der Waals surface area contributed by atoms with Crippen molar-refractivity contribution in [3.05, 3.63) is 71.8 Å². The summed E-state index contributed by atoms with van der Waals surface area (Å²) in [4.78, 5) is 21.6. The lowest BCUT2D eigenvalue weighted by Gasteiger charge is -2.08. The van der Waals surface area contributed by atoms with Crippen molar-refractivity contribution in [1.82, 2.24) is 0 Å². The molecule has 2 atom stereocenters. The van der Waals surface area contributed by atoms with Crippen LogP contribution in [0.5, 0.6) is 0 Å². The van der Waals surface area contributed by atoms with Crippen LogP contribution in [0.4, 0.5) is 0 Å². The molecule has 0 aliphatic heterocycles. The van der Waals surface area contributed by atoms with Gasteiger partial charge in [0.15, 0.2) is 0 Å². The monoisotopic (exact) mass is 328 g/mol. The zero-order valence-corrected chi connectivity index (χ0v) is 14.3. The number of hydrogen-bond donors (Lipinski definition) is 1. The van der Waals surface area contributed by atoms with Crippen molar-refractivity contribution < 1.29 is 19.4 Å². The number of methoxy groups -OCH3 is 1. The summed E-state index contributed by atoms with van der Waals surface area (Å²) in [5.41, 5.74) is 2.01. The van der Waals surface area contributed by atoms with Crippen molar-refractivity contribution in [3.8, 4) is 0 Å². The summed E-state index contributed by atoms with van der Waals surface area (Å²) < 4.78 is 4.65. The van der Waals surface area contributed by atoms with Gasteiger partial charge < -0.3 is 9.84 Å². The highest BCUT2D eigenvalue weighted by Crippen LogP contribution is 2.13. The SMILES string of the molecule is CC(C(=O)O)c1ccccc1.COC(=O)C(C)Cc1ccccc1. The van der Waals surface area contributed by atoms with Gasteiger partial charge in [-0.05, 0) is 24.5 Å². The Morgan fingerprint density at radius 2 is 1.46 bits per heavy atom. The fraction of sp³-hybridized carbons (Fsp3) is 0.300. The molecule has 2 rings (SSSR count). The van der Waals surface area contributed by atoms with Crippen molar-refractivity contribution in [2.75, 3.05) is 7.11 Å². The van der Waals surface area contributed by atoms with Crippen molar-refractivity contribution in [2.24, 2.45) is 5.92 Å². The predicted octanol–water partition coefficient (Wildman–Crippen LogP) is 3.91. The number of rotatable bonds is 5. The van der Waals surface area contributed by atoms with Gasteiger partial charge in [0, 0.05) is 0 Å². The molecule has 0 bridgehead atoms. The van der Waals surface area contributed by atoms with Crippen molar-refractivity contribution in [2.45, 2.75) is 26.2 Å². The first kappa shape index (κ1) is 19.4. The quantitative estimate of drug-likeness (QED) is 0.845. The summed E-state index contributed by atoms with van der Waals surface area (Å²) in [6.07, 6.45) is 0.744. The fourth-order valence-electron chi connectivity index (χ4n) is 2.14. The maximum atomic E-state index is 11.1. The molecular formula is C20H24O4. The molecule has 128 valence electrons. The van der Waals surface area contributed by atoms with Crippen LogP contribution in [0.25, 0.3) is 0 Å². The highest BCUT2D eigenvalue weighted by atomic mass is 16.5. The minimum atomic E-state index is -0.781. The first-order valence-corrected chi connectivity index (χ1v) is 7.85. The van der Waals surface area contributed by atoms with Gasteiger partial charge in [-0.2, -0.15) is 0 Å². The van der Waals surface area contributed by atoms with Gasteiger partial charge in [-0.3, -0.25) is 9.59 Å². The average Bonchev–Trinajstić information content (AvgIpc) is 2.62. The molecule has 0 aromatic heterocycles. The van der Waals surface area contributed by atoms with E-state index in [9.17, 15) is 9.59 Å². The van der Waals surface area contributed by atoms with E-state index in [0.29, 0.717) is 0 Å². The molecule has 0 radical (unpaired) electrons. The van der Waals surface area contributed by atoms with Gasteiger partial charge in [-0.15, -0.1) is 0 Å². The Morgan fingerprint density at radius 1 is 0.958 bits per heavy atom. The van der Waals surface area contributed by atoms with Crippen LogP contribution in [-0.2, 0) is 20.7 Å². The lowest BCUT2D eigenvalue weighted by atomic mass is 10.0. The largest absolute Gasteiger partial charge is 0.481 e. The Labute approximate surface area is 143 Å². The molecule has 1 N–H and O–H groups in total. The summed E-state index contributed by atoms with van der Waals surface area (Å²) in [5.74, 6) is -1.40. The van der Waals surface area contributed by atoms with E-state index in [1.165, 1.54) is 12.7 Å². The molecule has 4 heteroatoms. The van der Waals surface area contributed by atoms with Gasteiger partial charge in [0.1, 0.15) is 0 Å². The first-order chi connectivity index (χ1) is 11.5. The molecule has 24 heavy (non-hydrogen) atoms. The van der Waals surface area contributed by atoms with Gasteiger partial charge in [0.05, 0.1) is 18.9 Å². The molecular weight excluding hydrogens is 304 g/mol. The molecule has 0 aliphatic carbocycles. The molecule has 2 aromatic carbocycles. The van der Waals surface area contributed by atoms with E-state index in [4.69, 9.17) is 5.11 Å². The van der Waals surface area contributed by atoms with Gasteiger partial charge in [-0.25, -0.2) is 0 Å². The maximum Gasteiger partial charge on any atom is 0.310 e. The summed E-state index contributed by atoms with van der Waals surface area (Å²) in [5, 5.41) is 8.64. The number of carboxylic acid groups (broad SMARTS) is 1. The standard InChI is InChI=1S/C11H14O2.C9H10O2/c1-9(11(12)13-2)8-10-6-4-3-5-7-10;1-7(9(10)11)8-5-3-2-4-6-8/h3-7,9H,8H2,1-2H3;2-7H,1H3,(H,10,11). The van der Waals surface area contributed by atoms with Crippen molar-refractivity contribution in [3.63, 3.8) is 0 Å². The lowest BCUT2D eigenvalue weighted by Crippen LogP contribution is -2.14.